The topological polar surface area (TPSA) is 68.1 Å². The van der Waals surface area contributed by atoms with Crippen molar-refractivity contribution < 1.29 is 32.6 Å². The summed E-state index contributed by atoms with van der Waals surface area (Å²) in [6.07, 6.45) is -3.99. The first-order chi connectivity index (χ1) is 14.1. The second kappa shape index (κ2) is 7.62. The van der Waals surface area contributed by atoms with Gasteiger partial charge in [0, 0.05) is 21.2 Å². The summed E-state index contributed by atoms with van der Waals surface area (Å²) in [5.74, 6) is 0. The predicted molar refractivity (Wildman–Crippen MR) is 106 cm³/mol. The van der Waals surface area contributed by atoms with E-state index in [0.717, 1.165) is 41.9 Å². The van der Waals surface area contributed by atoms with Gasteiger partial charge in [-0.25, -0.2) is 4.79 Å². The van der Waals surface area contributed by atoms with Crippen molar-refractivity contribution in [2.75, 3.05) is 0 Å². The average Bonchev–Trinajstić information content (AvgIpc) is 3.23. The number of fused-ring (bicyclic) bond motifs is 1. The third kappa shape index (κ3) is 3.63. The number of benzene rings is 1. The summed E-state index contributed by atoms with van der Waals surface area (Å²) in [6, 6.07) is 3.64. The first-order valence-electron chi connectivity index (χ1n) is 8.95. The van der Waals surface area contributed by atoms with Crippen molar-refractivity contribution >= 4 is 46.4 Å². The number of hydrogen-bond acceptors (Lipinski definition) is 5. The van der Waals surface area contributed by atoms with Gasteiger partial charge in [0.05, 0.1) is 11.3 Å². The molecule has 2 heterocycles. The van der Waals surface area contributed by atoms with E-state index in [0.29, 0.717) is 23.3 Å². The van der Waals surface area contributed by atoms with E-state index in [1.54, 1.807) is 0 Å². The number of carboxylic acid groups (broad SMARTS) is 1. The van der Waals surface area contributed by atoms with Crippen LogP contribution in [0.3, 0.4) is 0 Å². The normalized spacial score (nSPS) is 21.0. The van der Waals surface area contributed by atoms with E-state index >= 15 is 0 Å². The molecule has 4 rings (SSSR count). The summed E-state index contributed by atoms with van der Waals surface area (Å²) in [7, 11) is 0. The molecule has 5 nitrogen and oxygen atoms in total. The summed E-state index contributed by atoms with van der Waals surface area (Å²) in [4.78, 5) is 16.5. The summed E-state index contributed by atoms with van der Waals surface area (Å²) in [6.45, 7) is 0. The molecule has 0 spiro atoms. The molecule has 2 aliphatic rings. The van der Waals surface area contributed by atoms with Gasteiger partial charge in [-0.3, -0.25) is 0 Å². The van der Waals surface area contributed by atoms with Crippen molar-refractivity contribution in [3.8, 4) is 5.06 Å². The lowest BCUT2D eigenvalue weighted by Crippen LogP contribution is -2.42. The molecule has 2 aromatic rings. The number of rotatable bonds is 3. The fourth-order valence-corrected chi connectivity index (χ4v) is 5.55. The molecule has 1 aliphatic heterocycles. The van der Waals surface area contributed by atoms with Crippen molar-refractivity contribution in [1.29, 1.82) is 0 Å². The van der Waals surface area contributed by atoms with Crippen LogP contribution in [0, 0.1) is 0 Å². The van der Waals surface area contributed by atoms with Crippen LogP contribution in [0.5, 0.6) is 5.06 Å². The van der Waals surface area contributed by atoms with E-state index in [2.05, 4.69) is 5.16 Å². The average molecular weight is 480 g/mol. The number of thiophene rings is 1. The molecule has 0 saturated heterocycles. The molecule has 11 heteroatoms. The van der Waals surface area contributed by atoms with Crippen LogP contribution < -0.4 is 4.74 Å². The van der Waals surface area contributed by atoms with Gasteiger partial charge in [0.1, 0.15) is 5.71 Å². The summed E-state index contributed by atoms with van der Waals surface area (Å²) in [5.41, 5.74) is -1.42. The molecule has 1 N–H and O–H groups in total. The molecule has 160 valence electrons. The Hall–Kier alpha value is -1.97. The van der Waals surface area contributed by atoms with E-state index in [9.17, 15) is 18.0 Å². The molecule has 0 saturated carbocycles. The zero-order valence-electron chi connectivity index (χ0n) is 15.2. The van der Waals surface area contributed by atoms with E-state index in [1.807, 2.05) is 0 Å². The largest absolute Gasteiger partial charge is 0.512 e. The quantitative estimate of drug-likeness (QED) is 0.505. The van der Waals surface area contributed by atoms with Gasteiger partial charge in [-0.2, -0.15) is 13.2 Å². The minimum atomic E-state index is -4.80. The van der Waals surface area contributed by atoms with E-state index in [4.69, 9.17) is 37.9 Å². The summed E-state index contributed by atoms with van der Waals surface area (Å²) >= 11 is 12.8. The molecule has 1 atom stereocenters. The fourth-order valence-electron chi connectivity index (χ4n) is 3.80. The Labute approximate surface area is 183 Å². The number of carbonyl (C=O) groups is 1. The fraction of sp³-hybridized carbons (Fsp3) is 0.368. The molecule has 1 aromatic heterocycles. The molecule has 1 unspecified atom stereocenters. The minimum Gasteiger partial charge on any atom is -0.449 e. The number of oxime groups is 1. The highest BCUT2D eigenvalue weighted by atomic mass is 35.5. The third-order valence-corrected chi connectivity index (χ3v) is 6.78. The molecule has 0 fully saturated rings. The number of alkyl halides is 3. The van der Waals surface area contributed by atoms with Crippen LogP contribution in [-0.4, -0.2) is 23.1 Å². The van der Waals surface area contributed by atoms with E-state index in [1.165, 1.54) is 6.07 Å². The zero-order valence-corrected chi connectivity index (χ0v) is 17.5. The lowest BCUT2D eigenvalue weighted by molar-refractivity contribution is -0.275. The summed E-state index contributed by atoms with van der Waals surface area (Å²) in [5, 5.41) is 13.0. The van der Waals surface area contributed by atoms with Gasteiger partial charge in [-0.15, -0.1) is 0 Å². The van der Waals surface area contributed by atoms with Crippen molar-refractivity contribution in [3.63, 3.8) is 0 Å². The standard InChI is InChI=1S/C19H14Cl2F3NO4S/c20-10-5-9(6-11(21)7-10)18(19(22,23)24)8-14(25-29-18)15-12-3-1-2-4-13(12)16(30-15)28-17(26)27/h5-7H,1-4,8H2,(H,26,27). The second-order valence-electron chi connectivity index (χ2n) is 7.04. The van der Waals surface area contributed by atoms with Gasteiger partial charge < -0.3 is 14.7 Å². The van der Waals surface area contributed by atoms with Gasteiger partial charge in [0.15, 0.2) is 5.06 Å². The first-order valence-corrected chi connectivity index (χ1v) is 10.5. The van der Waals surface area contributed by atoms with Crippen LogP contribution in [0.4, 0.5) is 18.0 Å². The van der Waals surface area contributed by atoms with Crippen LogP contribution in [0.25, 0.3) is 0 Å². The van der Waals surface area contributed by atoms with Gasteiger partial charge in [-0.1, -0.05) is 39.7 Å². The van der Waals surface area contributed by atoms with Gasteiger partial charge in [-0.05, 0) is 49.4 Å². The Balaban J connectivity index is 1.76. The van der Waals surface area contributed by atoms with Gasteiger partial charge in [0.25, 0.3) is 5.60 Å². The Morgan fingerprint density at radius 3 is 2.40 bits per heavy atom. The number of hydrogen-bond donors (Lipinski definition) is 1. The predicted octanol–water partition coefficient (Wildman–Crippen LogP) is 6.57. The third-order valence-electron chi connectivity index (χ3n) is 5.14. The molecule has 1 aliphatic carbocycles. The summed E-state index contributed by atoms with van der Waals surface area (Å²) < 4.78 is 47.4. The van der Waals surface area contributed by atoms with Gasteiger partial charge in [0.2, 0.25) is 0 Å². The maximum Gasteiger partial charge on any atom is 0.512 e. The Bertz CT molecular complexity index is 1030. The molecule has 0 bridgehead atoms. The van der Waals surface area contributed by atoms with Crippen molar-refractivity contribution in [2.45, 2.75) is 43.9 Å². The Morgan fingerprint density at radius 1 is 1.17 bits per heavy atom. The molecular formula is C19H14Cl2F3NO4S. The minimum absolute atomic E-state index is 0.0452. The highest BCUT2D eigenvalue weighted by molar-refractivity contribution is 7.16. The maximum atomic E-state index is 14.2. The van der Waals surface area contributed by atoms with Crippen LogP contribution in [0.1, 0.15) is 40.8 Å². The van der Waals surface area contributed by atoms with Gasteiger partial charge >= 0.3 is 12.3 Å². The maximum absolute atomic E-state index is 14.2. The number of nitrogens with zero attached hydrogens (tertiary/aromatic N) is 1. The molecule has 0 amide bonds. The molecular weight excluding hydrogens is 466 g/mol. The zero-order chi connectivity index (χ0) is 21.7. The highest BCUT2D eigenvalue weighted by Crippen LogP contribution is 2.51. The van der Waals surface area contributed by atoms with Crippen molar-refractivity contribution in [2.24, 2.45) is 5.16 Å². The number of ether oxygens (including phenoxy) is 1. The second-order valence-corrected chi connectivity index (χ2v) is 8.90. The van der Waals surface area contributed by atoms with Crippen LogP contribution in [0.2, 0.25) is 10.0 Å². The molecule has 0 radical (unpaired) electrons. The lowest BCUT2D eigenvalue weighted by atomic mass is 9.86. The highest BCUT2D eigenvalue weighted by Gasteiger charge is 2.62. The monoisotopic (exact) mass is 479 g/mol. The lowest BCUT2D eigenvalue weighted by Gasteiger charge is -2.29. The van der Waals surface area contributed by atoms with Crippen LogP contribution in [0.15, 0.2) is 23.4 Å². The van der Waals surface area contributed by atoms with E-state index < -0.39 is 24.4 Å². The Kier molecular flexibility index (Phi) is 5.40. The smallest absolute Gasteiger partial charge is 0.449 e. The van der Waals surface area contributed by atoms with Crippen LogP contribution in [-0.2, 0) is 23.3 Å². The van der Waals surface area contributed by atoms with E-state index in [-0.39, 0.29) is 26.4 Å². The SMILES string of the molecule is O=C(O)Oc1sc(C2=NOC(c3cc(Cl)cc(Cl)c3)(C(F)(F)F)C2)c2c1CCCC2. The molecule has 1 aromatic carbocycles. The number of halogens is 5. The van der Waals surface area contributed by atoms with Crippen LogP contribution >= 0.6 is 34.5 Å². The Morgan fingerprint density at radius 2 is 1.80 bits per heavy atom. The van der Waals surface area contributed by atoms with Crippen molar-refractivity contribution in [3.05, 3.63) is 49.8 Å². The molecule has 30 heavy (non-hydrogen) atoms. The first kappa shape index (κ1) is 21.3. The van der Waals surface area contributed by atoms with Crippen molar-refractivity contribution in [1.82, 2.24) is 0 Å².